The summed E-state index contributed by atoms with van der Waals surface area (Å²) in [5, 5.41) is 0. The van der Waals surface area contributed by atoms with Gasteiger partial charge in [-0.1, -0.05) is 6.07 Å². The molecule has 2 heteroatoms. The molecule has 1 nitrogen and oxygen atoms in total. The van der Waals surface area contributed by atoms with Crippen LogP contribution < -0.4 is 0 Å². The number of nitrogens with zero attached hydrogens (tertiary/aromatic N) is 1. The molecule has 0 aliphatic heterocycles. The molecule has 0 aliphatic rings. The number of pyridine rings is 1. The van der Waals surface area contributed by atoms with E-state index in [1.165, 1.54) is 6.20 Å². The second-order valence-corrected chi connectivity index (χ2v) is 2.12. The van der Waals surface area contributed by atoms with Crippen molar-refractivity contribution in [2.45, 2.75) is 13.8 Å². The van der Waals surface area contributed by atoms with Crippen LogP contribution in [0, 0.1) is 19.8 Å². The van der Waals surface area contributed by atoms with Crippen molar-refractivity contribution in [3.8, 4) is 0 Å². The van der Waals surface area contributed by atoms with Gasteiger partial charge in [0.2, 0.25) is 5.95 Å². The Morgan fingerprint density at radius 1 is 1.44 bits per heavy atom. The standard InChI is InChI=1S/C7H8FN/c1-5-3-6(2)7(8)9-4-5/h3-4H,1-2H3. The lowest BCUT2D eigenvalue weighted by atomic mass is 10.2. The predicted molar refractivity (Wildman–Crippen MR) is 33.7 cm³/mol. The SMILES string of the molecule is Cc1cnc(F)c(C)c1. The monoisotopic (exact) mass is 125 g/mol. The first-order valence-corrected chi connectivity index (χ1v) is 2.79. The van der Waals surface area contributed by atoms with Crippen LogP contribution in [-0.4, -0.2) is 4.98 Å². The molecule has 0 bridgehead atoms. The third-order valence-corrected chi connectivity index (χ3v) is 1.15. The average molecular weight is 125 g/mol. The zero-order valence-corrected chi connectivity index (χ0v) is 5.48. The van der Waals surface area contributed by atoms with Crippen LogP contribution in [0.25, 0.3) is 0 Å². The second-order valence-electron chi connectivity index (χ2n) is 2.12. The van der Waals surface area contributed by atoms with Crippen molar-refractivity contribution in [3.05, 3.63) is 29.3 Å². The van der Waals surface area contributed by atoms with Crippen LogP contribution in [-0.2, 0) is 0 Å². The van der Waals surface area contributed by atoms with Crippen LogP contribution in [0.5, 0.6) is 0 Å². The largest absolute Gasteiger partial charge is 0.228 e. The zero-order valence-electron chi connectivity index (χ0n) is 5.48. The van der Waals surface area contributed by atoms with Gasteiger partial charge in [-0.3, -0.25) is 0 Å². The van der Waals surface area contributed by atoms with Crippen LogP contribution in [0.3, 0.4) is 0 Å². The van der Waals surface area contributed by atoms with Crippen LogP contribution in [0.1, 0.15) is 11.1 Å². The van der Waals surface area contributed by atoms with Gasteiger partial charge in [0, 0.05) is 11.8 Å². The van der Waals surface area contributed by atoms with Gasteiger partial charge in [0.1, 0.15) is 0 Å². The van der Waals surface area contributed by atoms with Gasteiger partial charge < -0.3 is 0 Å². The molecule has 1 rings (SSSR count). The number of aryl methyl sites for hydroxylation is 2. The lowest BCUT2D eigenvalue weighted by Gasteiger charge is -1.93. The van der Waals surface area contributed by atoms with E-state index in [1.807, 2.05) is 6.92 Å². The van der Waals surface area contributed by atoms with Crippen molar-refractivity contribution in [2.75, 3.05) is 0 Å². The highest BCUT2D eigenvalue weighted by atomic mass is 19.1. The maximum Gasteiger partial charge on any atom is 0.215 e. The third kappa shape index (κ3) is 1.25. The maximum atomic E-state index is 12.4. The smallest absolute Gasteiger partial charge is 0.215 e. The molecule has 0 aliphatic carbocycles. The highest BCUT2D eigenvalue weighted by molar-refractivity contribution is 5.15. The fourth-order valence-corrected chi connectivity index (χ4v) is 0.699. The van der Waals surface area contributed by atoms with E-state index in [-0.39, 0.29) is 5.95 Å². The van der Waals surface area contributed by atoms with Crippen molar-refractivity contribution in [1.82, 2.24) is 4.98 Å². The molecular formula is C7H8FN. The van der Waals surface area contributed by atoms with E-state index in [0.717, 1.165) is 5.56 Å². The van der Waals surface area contributed by atoms with E-state index < -0.39 is 0 Å². The van der Waals surface area contributed by atoms with Crippen LogP contribution >= 0.6 is 0 Å². The summed E-state index contributed by atoms with van der Waals surface area (Å²) >= 11 is 0. The zero-order chi connectivity index (χ0) is 6.85. The number of hydrogen-bond donors (Lipinski definition) is 0. The molecule has 48 valence electrons. The van der Waals surface area contributed by atoms with Crippen molar-refractivity contribution in [1.29, 1.82) is 0 Å². The first kappa shape index (κ1) is 6.20. The molecule has 0 amide bonds. The highest BCUT2D eigenvalue weighted by Crippen LogP contribution is 2.03. The van der Waals surface area contributed by atoms with E-state index in [4.69, 9.17) is 0 Å². The van der Waals surface area contributed by atoms with Crippen molar-refractivity contribution in [3.63, 3.8) is 0 Å². The Morgan fingerprint density at radius 3 is 2.56 bits per heavy atom. The molecule has 1 aromatic rings. The Kier molecular flexibility index (Phi) is 1.47. The maximum absolute atomic E-state index is 12.4. The van der Waals surface area contributed by atoms with E-state index in [9.17, 15) is 4.39 Å². The summed E-state index contributed by atoms with van der Waals surface area (Å²) in [7, 11) is 0. The molecule has 0 fully saturated rings. The Bertz CT molecular complexity index is 220. The summed E-state index contributed by atoms with van der Waals surface area (Å²) in [5.74, 6) is -0.374. The van der Waals surface area contributed by atoms with Gasteiger partial charge in [-0.25, -0.2) is 4.98 Å². The topological polar surface area (TPSA) is 12.9 Å². The lowest BCUT2D eigenvalue weighted by Crippen LogP contribution is -1.87. The normalized spacial score (nSPS) is 9.67. The van der Waals surface area contributed by atoms with E-state index in [2.05, 4.69) is 4.98 Å². The van der Waals surface area contributed by atoms with E-state index in [0.29, 0.717) is 5.56 Å². The molecule has 0 unspecified atom stereocenters. The Morgan fingerprint density at radius 2 is 2.11 bits per heavy atom. The fourth-order valence-electron chi connectivity index (χ4n) is 0.699. The predicted octanol–water partition coefficient (Wildman–Crippen LogP) is 1.84. The van der Waals surface area contributed by atoms with Gasteiger partial charge >= 0.3 is 0 Å². The second kappa shape index (κ2) is 2.13. The van der Waals surface area contributed by atoms with Gasteiger partial charge in [0.15, 0.2) is 0 Å². The molecule has 1 heterocycles. The molecule has 0 saturated heterocycles. The van der Waals surface area contributed by atoms with Gasteiger partial charge in [0.05, 0.1) is 0 Å². The van der Waals surface area contributed by atoms with Gasteiger partial charge in [0.25, 0.3) is 0 Å². The molecule has 0 atom stereocenters. The summed E-state index contributed by atoms with van der Waals surface area (Å²) in [5.41, 5.74) is 1.60. The lowest BCUT2D eigenvalue weighted by molar-refractivity contribution is 0.573. The average Bonchev–Trinajstić information content (AvgIpc) is 1.80. The summed E-state index contributed by atoms with van der Waals surface area (Å²) < 4.78 is 12.4. The first-order chi connectivity index (χ1) is 4.20. The minimum atomic E-state index is -0.374. The summed E-state index contributed by atoms with van der Waals surface area (Å²) in [6, 6.07) is 1.77. The van der Waals surface area contributed by atoms with Crippen LogP contribution in [0.2, 0.25) is 0 Å². The minimum absolute atomic E-state index is 0.374. The quantitative estimate of drug-likeness (QED) is 0.482. The van der Waals surface area contributed by atoms with Gasteiger partial charge in [-0.2, -0.15) is 4.39 Å². The van der Waals surface area contributed by atoms with E-state index >= 15 is 0 Å². The fraction of sp³-hybridized carbons (Fsp3) is 0.286. The first-order valence-electron chi connectivity index (χ1n) is 2.79. The minimum Gasteiger partial charge on any atom is -0.228 e. The summed E-state index contributed by atoms with van der Waals surface area (Å²) in [4.78, 5) is 3.51. The molecule has 1 aromatic heterocycles. The van der Waals surface area contributed by atoms with Crippen molar-refractivity contribution in [2.24, 2.45) is 0 Å². The number of rotatable bonds is 0. The van der Waals surface area contributed by atoms with E-state index in [1.54, 1.807) is 13.0 Å². The molecule has 0 N–H and O–H groups in total. The molecule has 0 spiro atoms. The Labute approximate surface area is 53.5 Å². The molecular weight excluding hydrogens is 117 g/mol. The molecule has 9 heavy (non-hydrogen) atoms. The summed E-state index contributed by atoms with van der Waals surface area (Å²) in [6.45, 7) is 3.59. The Hall–Kier alpha value is -0.920. The number of aromatic nitrogens is 1. The van der Waals surface area contributed by atoms with Gasteiger partial charge in [-0.05, 0) is 19.4 Å². The third-order valence-electron chi connectivity index (χ3n) is 1.15. The van der Waals surface area contributed by atoms with Crippen molar-refractivity contribution >= 4 is 0 Å². The molecule has 0 saturated carbocycles. The number of halogens is 1. The highest BCUT2D eigenvalue weighted by Gasteiger charge is 1.94. The molecule has 0 aromatic carbocycles. The van der Waals surface area contributed by atoms with Crippen LogP contribution in [0.15, 0.2) is 12.3 Å². The van der Waals surface area contributed by atoms with Crippen LogP contribution in [0.4, 0.5) is 4.39 Å². The number of hydrogen-bond acceptors (Lipinski definition) is 1. The van der Waals surface area contributed by atoms with Crippen molar-refractivity contribution < 1.29 is 4.39 Å². The van der Waals surface area contributed by atoms with Gasteiger partial charge in [-0.15, -0.1) is 0 Å². The molecule has 0 radical (unpaired) electrons. The summed E-state index contributed by atoms with van der Waals surface area (Å²) in [6.07, 6.45) is 1.52. The Balaban J connectivity index is 3.17.